The molecule has 23 heavy (non-hydrogen) atoms. The zero-order valence-corrected chi connectivity index (χ0v) is 10.4. The first-order valence-electron chi connectivity index (χ1n) is 5.37. The third kappa shape index (κ3) is 5.28. The second-order valence-electron chi connectivity index (χ2n) is 4.53. The monoisotopic (exact) mass is 378 g/mol. The van der Waals surface area contributed by atoms with Crippen molar-refractivity contribution in [3.8, 4) is 0 Å². The fourth-order valence-electron chi connectivity index (χ4n) is 1.47. The zero-order valence-electron chi connectivity index (χ0n) is 10.4. The van der Waals surface area contributed by atoms with Crippen LogP contribution in [0, 0.1) is 5.92 Å². The van der Waals surface area contributed by atoms with Gasteiger partial charge in [-0.3, -0.25) is 0 Å². The summed E-state index contributed by atoms with van der Waals surface area (Å²) in [5.74, 6) is -4.03. The Labute approximate surface area is 119 Å². The molecule has 0 aromatic rings. The molecule has 1 N–H and O–H groups in total. The van der Waals surface area contributed by atoms with Crippen molar-refractivity contribution in [1.29, 1.82) is 0 Å². The second kappa shape index (κ2) is 6.16. The molecule has 0 bridgehead atoms. The SMILES string of the molecule is OC(CC(CC(F)(C(F)(F)F)C(F)(F)F)C(F)(F)F)C(F)(F)F. The Morgan fingerprint density at radius 3 is 1.17 bits per heavy atom. The molecule has 0 amide bonds. The van der Waals surface area contributed by atoms with E-state index in [2.05, 4.69) is 0 Å². The van der Waals surface area contributed by atoms with Crippen LogP contribution in [-0.4, -0.2) is 41.6 Å². The van der Waals surface area contributed by atoms with Crippen molar-refractivity contribution in [2.45, 2.75) is 49.3 Å². The number of alkyl halides is 13. The first-order chi connectivity index (χ1) is 9.73. The number of rotatable bonds is 4. The van der Waals surface area contributed by atoms with Crippen LogP contribution in [0.1, 0.15) is 12.8 Å². The highest BCUT2D eigenvalue weighted by Crippen LogP contribution is 2.52. The van der Waals surface area contributed by atoms with Gasteiger partial charge >= 0.3 is 24.7 Å². The molecular formula is C9H7F13O. The molecule has 140 valence electrons. The molecule has 2 unspecified atom stereocenters. The molecule has 0 saturated heterocycles. The lowest BCUT2D eigenvalue weighted by Gasteiger charge is -2.34. The lowest BCUT2D eigenvalue weighted by Crippen LogP contribution is -2.55. The van der Waals surface area contributed by atoms with Crippen LogP contribution in [0.3, 0.4) is 0 Å². The zero-order chi connectivity index (χ0) is 19.1. The first-order valence-corrected chi connectivity index (χ1v) is 5.37. The van der Waals surface area contributed by atoms with Crippen LogP contribution in [-0.2, 0) is 0 Å². The predicted octanol–water partition coefficient (Wildman–Crippen LogP) is 4.70. The fourth-order valence-corrected chi connectivity index (χ4v) is 1.47. The van der Waals surface area contributed by atoms with Gasteiger partial charge in [-0.15, -0.1) is 0 Å². The largest absolute Gasteiger partial charge is 0.431 e. The highest BCUT2D eigenvalue weighted by molar-refractivity contribution is 4.97. The van der Waals surface area contributed by atoms with Gasteiger partial charge in [0.25, 0.3) is 5.67 Å². The Kier molecular flexibility index (Phi) is 5.91. The van der Waals surface area contributed by atoms with Crippen molar-refractivity contribution in [3.63, 3.8) is 0 Å². The summed E-state index contributed by atoms with van der Waals surface area (Å²) in [6.45, 7) is 0. The first kappa shape index (κ1) is 22.1. The molecule has 2 atom stereocenters. The van der Waals surface area contributed by atoms with Gasteiger partial charge in [0.2, 0.25) is 0 Å². The molecule has 0 fully saturated rings. The number of halogens is 13. The molecule has 0 heterocycles. The molecule has 0 radical (unpaired) electrons. The van der Waals surface area contributed by atoms with Crippen LogP contribution in [0.15, 0.2) is 0 Å². The number of hydrogen-bond donors (Lipinski definition) is 1. The standard InChI is InChI=1S/C9H7F13O/c10-5(8(17,18)19,9(20,21)22)2-3(6(11,12)13)1-4(23)7(14,15)16/h3-4,23H,1-2H2. The highest BCUT2D eigenvalue weighted by atomic mass is 19.4. The van der Waals surface area contributed by atoms with Crippen molar-refractivity contribution in [2.75, 3.05) is 0 Å². The summed E-state index contributed by atoms with van der Waals surface area (Å²) in [6, 6.07) is 0. The van der Waals surface area contributed by atoms with Gasteiger partial charge in [0.15, 0.2) is 0 Å². The smallest absolute Gasteiger partial charge is 0.384 e. The maximum Gasteiger partial charge on any atom is 0.431 e. The maximum absolute atomic E-state index is 13.2. The number of aliphatic hydroxyl groups is 1. The van der Waals surface area contributed by atoms with E-state index in [0.29, 0.717) is 0 Å². The van der Waals surface area contributed by atoms with Gasteiger partial charge in [-0.1, -0.05) is 0 Å². The Hall–Kier alpha value is -0.950. The number of hydrogen-bond acceptors (Lipinski definition) is 1. The normalized spacial score (nSPS) is 18.0. The number of aliphatic hydroxyl groups excluding tert-OH is 1. The summed E-state index contributed by atoms with van der Waals surface area (Å²) < 4.78 is 159. The average molecular weight is 378 g/mol. The van der Waals surface area contributed by atoms with Crippen molar-refractivity contribution >= 4 is 0 Å². The fraction of sp³-hybridized carbons (Fsp3) is 1.00. The van der Waals surface area contributed by atoms with E-state index in [1.54, 1.807) is 0 Å². The van der Waals surface area contributed by atoms with Gasteiger partial charge in [0.05, 0.1) is 5.92 Å². The van der Waals surface area contributed by atoms with Gasteiger partial charge in [-0.05, 0) is 6.42 Å². The third-order valence-corrected chi connectivity index (χ3v) is 2.77. The molecule has 0 aliphatic heterocycles. The Bertz CT molecular complexity index is 372. The van der Waals surface area contributed by atoms with E-state index in [4.69, 9.17) is 5.11 Å². The van der Waals surface area contributed by atoms with E-state index in [9.17, 15) is 57.1 Å². The molecule has 0 saturated carbocycles. The molecule has 0 rings (SSSR count). The van der Waals surface area contributed by atoms with Crippen molar-refractivity contribution in [1.82, 2.24) is 0 Å². The Morgan fingerprint density at radius 1 is 0.609 bits per heavy atom. The minimum absolute atomic E-state index is 2.61. The second-order valence-corrected chi connectivity index (χ2v) is 4.53. The van der Waals surface area contributed by atoms with E-state index in [1.165, 1.54) is 0 Å². The summed E-state index contributed by atoms with van der Waals surface area (Å²) >= 11 is 0. The van der Waals surface area contributed by atoms with Crippen LogP contribution in [0.2, 0.25) is 0 Å². The van der Waals surface area contributed by atoms with Gasteiger partial charge < -0.3 is 5.11 Å². The Morgan fingerprint density at radius 2 is 0.957 bits per heavy atom. The summed E-state index contributed by atoms with van der Waals surface area (Å²) in [5, 5.41) is 8.41. The van der Waals surface area contributed by atoms with Crippen LogP contribution in [0.5, 0.6) is 0 Å². The van der Waals surface area contributed by atoms with Gasteiger partial charge in [0, 0.05) is 6.42 Å². The topological polar surface area (TPSA) is 20.2 Å². The van der Waals surface area contributed by atoms with Crippen LogP contribution in [0.25, 0.3) is 0 Å². The summed E-state index contributed by atoms with van der Waals surface area (Å²) in [5.41, 5.74) is -6.38. The van der Waals surface area contributed by atoms with Crippen LogP contribution < -0.4 is 0 Å². The molecular weight excluding hydrogens is 371 g/mol. The van der Waals surface area contributed by atoms with Gasteiger partial charge in [-0.25, -0.2) is 4.39 Å². The van der Waals surface area contributed by atoms with E-state index >= 15 is 0 Å². The van der Waals surface area contributed by atoms with Gasteiger partial charge in [-0.2, -0.15) is 52.7 Å². The average Bonchev–Trinajstić information content (AvgIpc) is 2.21. The van der Waals surface area contributed by atoms with E-state index in [1.807, 2.05) is 0 Å². The molecule has 0 aliphatic rings. The van der Waals surface area contributed by atoms with E-state index in [0.717, 1.165) is 0 Å². The van der Waals surface area contributed by atoms with Crippen LogP contribution >= 0.6 is 0 Å². The molecule has 14 heteroatoms. The van der Waals surface area contributed by atoms with E-state index < -0.39 is 55.2 Å². The van der Waals surface area contributed by atoms with Crippen molar-refractivity contribution < 1.29 is 62.2 Å². The van der Waals surface area contributed by atoms with E-state index in [-0.39, 0.29) is 0 Å². The summed E-state index contributed by atoms with van der Waals surface area (Å²) in [7, 11) is 0. The maximum atomic E-state index is 13.2. The van der Waals surface area contributed by atoms with Crippen molar-refractivity contribution in [3.05, 3.63) is 0 Å². The lowest BCUT2D eigenvalue weighted by molar-refractivity contribution is -0.353. The highest BCUT2D eigenvalue weighted by Gasteiger charge is 2.74. The molecule has 0 aliphatic carbocycles. The molecule has 0 spiro atoms. The molecule has 1 nitrogen and oxygen atoms in total. The predicted molar refractivity (Wildman–Crippen MR) is 46.8 cm³/mol. The van der Waals surface area contributed by atoms with Crippen molar-refractivity contribution in [2.24, 2.45) is 5.92 Å². The third-order valence-electron chi connectivity index (χ3n) is 2.77. The molecule has 0 aromatic carbocycles. The summed E-state index contributed by atoms with van der Waals surface area (Å²) in [6.07, 6.45) is -35.4. The van der Waals surface area contributed by atoms with Crippen LogP contribution in [0.4, 0.5) is 57.1 Å². The minimum Gasteiger partial charge on any atom is -0.384 e. The quantitative estimate of drug-likeness (QED) is 0.704. The Balaban J connectivity index is 5.70. The summed E-state index contributed by atoms with van der Waals surface area (Å²) in [4.78, 5) is 0. The minimum atomic E-state index is -6.85. The van der Waals surface area contributed by atoms with Gasteiger partial charge in [0.1, 0.15) is 6.10 Å². The lowest BCUT2D eigenvalue weighted by atomic mass is 9.86. The molecule has 0 aromatic heterocycles.